The van der Waals surface area contributed by atoms with E-state index in [2.05, 4.69) is 5.92 Å². The number of rotatable bonds is 4. The van der Waals surface area contributed by atoms with Gasteiger partial charge in [-0.15, -0.1) is 18.8 Å². The summed E-state index contributed by atoms with van der Waals surface area (Å²) < 4.78 is 12.3. The molecule has 1 unspecified atom stereocenters. The fraction of sp³-hybridized carbons (Fsp3) is 0.556. The molecule has 1 heteroatoms. The van der Waals surface area contributed by atoms with Gasteiger partial charge >= 0.3 is 0 Å². The Balaban J connectivity index is 3.07. The molecule has 0 bridgehead atoms. The predicted octanol–water partition coefficient (Wildman–Crippen LogP) is 2.15. The highest BCUT2D eigenvalue weighted by atomic mass is 19.1. The Morgan fingerprint density at radius 1 is 1.30 bits per heavy atom. The second-order valence-electron chi connectivity index (χ2n) is 2.08. The van der Waals surface area contributed by atoms with Crippen LogP contribution >= 0.6 is 0 Å². The van der Waals surface area contributed by atoms with Crippen molar-refractivity contribution in [3.8, 4) is 24.7 Å². The Labute approximate surface area is 61.8 Å². The molecule has 10 heavy (non-hydrogen) atoms. The smallest absolute Gasteiger partial charge is 0.160 e. The van der Waals surface area contributed by atoms with E-state index in [1.54, 1.807) is 0 Å². The van der Waals surface area contributed by atoms with Gasteiger partial charge in [-0.25, -0.2) is 4.39 Å². The van der Waals surface area contributed by atoms with E-state index in [1.807, 2.05) is 5.92 Å². The molecule has 0 spiro atoms. The van der Waals surface area contributed by atoms with Crippen molar-refractivity contribution in [3.63, 3.8) is 0 Å². The summed E-state index contributed by atoms with van der Waals surface area (Å²) in [5.74, 6) is 4.51. The standard InChI is InChI=1S/C9H11F/c1-3-5-6-7-8-9(10)4-2/h1-2,9H,5-8H2. The molecule has 0 aromatic carbocycles. The second-order valence-corrected chi connectivity index (χ2v) is 2.08. The van der Waals surface area contributed by atoms with E-state index in [0.29, 0.717) is 6.42 Å². The molecule has 0 N–H and O–H groups in total. The lowest BCUT2D eigenvalue weighted by Crippen LogP contribution is -1.93. The van der Waals surface area contributed by atoms with Gasteiger partial charge in [0.2, 0.25) is 0 Å². The van der Waals surface area contributed by atoms with Gasteiger partial charge in [-0.2, -0.15) is 0 Å². The van der Waals surface area contributed by atoms with Crippen LogP contribution in [0.5, 0.6) is 0 Å². The fourth-order valence-corrected chi connectivity index (χ4v) is 0.634. The molecule has 1 atom stereocenters. The summed E-state index contributed by atoms with van der Waals surface area (Å²) in [4.78, 5) is 0. The molecule has 54 valence electrons. The first-order valence-electron chi connectivity index (χ1n) is 3.35. The normalized spacial score (nSPS) is 11.5. The third-order valence-corrected chi connectivity index (χ3v) is 1.21. The molecule has 0 fully saturated rings. The van der Waals surface area contributed by atoms with Gasteiger partial charge in [-0.3, -0.25) is 0 Å². The molecule has 0 aliphatic rings. The molecule has 0 aromatic heterocycles. The molecular formula is C9H11F. The average Bonchev–Trinajstić information content (AvgIpc) is 1.98. The molecule has 0 aliphatic heterocycles. The summed E-state index contributed by atoms with van der Waals surface area (Å²) in [5, 5.41) is 0. The predicted molar refractivity (Wildman–Crippen MR) is 41.0 cm³/mol. The van der Waals surface area contributed by atoms with Gasteiger partial charge in [0.05, 0.1) is 0 Å². The maximum atomic E-state index is 12.3. The van der Waals surface area contributed by atoms with Crippen LogP contribution in [0.15, 0.2) is 0 Å². The van der Waals surface area contributed by atoms with Crippen LogP contribution in [0.3, 0.4) is 0 Å². The first-order valence-corrected chi connectivity index (χ1v) is 3.35. The average molecular weight is 138 g/mol. The van der Waals surface area contributed by atoms with E-state index in [4.69, 9.17) is 12.8 Å². The molecular weight excluding hydrogens is 127 g/mol. The van der Waals surface area contributed by atoms with E-state index < -0.39 is 6.17 Å². The van der Waals surface area contributed by atoms with Gasteiger partial charge in [0.15, 0.2) is 6.17 Å². The van der Waals surface area contributed by atoms with Gasteiger partial charge < -0.3 is 0 Å². The number of alkyl halides is 1. The summed E-state index contributed by atoms with van der Waals surface area (Å²) in [6.45, 7) is 0. The Bertz CT molecular complexity index is 147. The van der Waals surface area contributed by atoms with Crippen molar-refractivity contribution < 1.29 is 4.39 Å². The lowest BCUT2D eigenvalue weighted by atomic mass is 10.1. The molecule has 0 saturated heterocycles. The number of halogens is 1. The van der Waals surface area contributed by atoms with Crippen molar-refractivity contribution in [2.45, 2.75) is 31.9 Å². The Morgan fingerprint density at radius 3 is 2.50 bits per heavy atom. The van der Waals surface area contributed by atoms with Crippen LogP contribution in [0, 0.1) is 24.7 Å². The molecule has 0 rings (SSSR count). The summed E-state index contributed by atoms with van der Waals surface area (Å²) >= 11 is 0. The van der Waals surface area contributed by atoms with E-state index in [9.17, 15) is 4.39 Å². The number of terminal acetylenes is 2. The Kier molecular flexibility index (Phi) is 5.59. The highest BCUT2D eigenvalue weighted by molar-refractivity contribution is 4.93. The number of hydrogen-bond donors (Lipinski definition) is 0. The number of hydrogen-bond acceptors (Lipinski definition) is 0. The van der Waals surface area contributed by atoms with Crippen LogP contribution in [0.1, 0.15) is 25.7 Å². The molecule has 0 amide bonds. The largest absolute Gasteiger partial charge is 0.233 e. The van der Waals surface area contributed by atoms with Crippen LogP contribution in [0.4, 0.5) is 4.39 Å². The first-order chi connectivity index (χ1) is 4.81. The molecule has 0 aliphatic carbocycles. The van der Waals surface area contributed by atoms with Crippen molar-refractivity contribution in [3.05, 3.63) is 0 Å². The van der Waals surface area contributed by atoms with Crippen LogP contribution in [0.2, 0.25) is 0 Å². The highest BCUT2D eigenvalue weighted by Gasteiger charge is 1.98. The quantitative estimate of drug-likeness (QED) is 0.412. The zero-order valence-electron chi connectivity index (χ0n) is 5.94. The SMILES string of the molecule is C#CCCCCC(F)C#C. The monoisotopic (exact) mass is 138 g/mol. The Hall–Kier alpha value is -0.950. The molecule has 0 radical (unpaired) electrons. The number of unbranched alkanes of at least 4 members (excludes halogenated alkanes) is 2. The zero-order valence-corrected chi connectivity index (χ0v) is 5.94. The lowest BCUT2D eigenvalue weighted by Gasteiger charge is -1.97. The van der Waals surface area contributed by atoms with E-state index in [0.717, 1.165) is 19.3 Å². The van der Waals surface area contributed by atoms with Crippen molar-refractivity contribution >= 4 is 0 Å². The van der Waals surface area contributed by atoms with Crippen molar-refractivity contribution in [1.82, 2.24) is 0 Å². The highest BCUT2D eigenvalue weighted by Crippen LogP contribution is 2.04. The third-order valence-electron chi connectivity index (χ3n) is 1.21. The lowest BCUT2D eigenvalue weighted by molar-refractivity contribution is 0.380. The zero-order chi connectivity index (χ0) is 7.82. The summed E-state index contributed by atoms with van der Waals surface area (Å²) in [6.07, 6.45) is 11.6. The van der Waals surface area contributed by atoms with Crippen molar-refractivity contribution in [1.29, 1.82) is 0 Å². The second kappa shape index (κ2) is 6.17. The van der Waals surface area contributed by atoms with Gasteiger partial charge in [0, 0.05) is 6.42 Å². The first kappa shape index (κ1) is 9.05. The van der Waals surface area contributed by atoms with Gasteiger partial charge in [-0.05, 0) is 19.3 Å². The molecule has 0 saturated carbocycles. The third kappa shape index (κ3) is 5.19. The fourth-order valence-electron chi connectivity index (χ4n) is 0.634. The maximum Gasteiger partial charge on any atom is 0.160 e. The minimum atomic E-state index is -1.09. The van der Waals surface area contributed by atoms with E-state index >= 15 is 0 Å². The molecule has 0 nitrogen and oxygen atoms in total. The topological polar surface area (TPSA) is 0 Å². The van der Waals surface area contributed by atoms with E-state index in [-0.39, 0.29) is 0 Å². The maximum absolute atomic E-state index is 12.3. The molecule has 0 aromatic rings. The van der Waals surface area contributed by atoms with Gasteiger partial charge in [0.1, 0.15) is 0 Å². The van der Waals surface area contributed by atoms with Crippen LogP contribution < -0.4 is 0 Å². The van der Waals surface area contributed by atoms with Gasteiger partial charge in [-0.1, -0.05) is 5.92 Å². The van der Waals surface area contributed by atoms with Gasteiger partial charge in [0.25, 0.3) is 0 Å². The van der Waals surface area contributed by atoms with Crippen LogP contribution in [0.25, 0.3) is 0 Å². The van der Waals surface area contributed by atoms with E-state index in [1.165, 1.54) is 0 Å². The molecule has 0 heterocycles. The van der Waals surface area contributed by atoms with Crippen molar-refractivity contribution in [2.75, 3.05) is 0 Å². The summed E-state index contributed by atoms with van der Waals surface area (Å²) in [6, 6.07) is 0. The minimum Gasteiger partial charge on any atom is -0.233 e. The van der Waals surface area contributed by atoms with Crippen molar-refractivity contribution in [2.24, 2.45) is 0 Å². The summed E-state index contributed by atoms with van der Waals surface area (Å²) in [5.41, 5.74) is 0. The van der Waals surface area contributed by atoms with Crippen LogP contribution in [-0.4, -0.2) is 6.17 Å². The van der Waals surface area contributed by atoms with Crippen LogP contribution in [-0.2, 0) is 0 Å². The summed E-state index contributed by atoms with van der Waals surface area (Å²) in [7, 11) is 0. The minimum absolute atomic E-state index is 0.443. The Morgan fingerprint density at radius 2 is 2.00 bits per heavy atom.